The molecule has 0 aliphatic carbocycles. The predicted molar refractivity (Wildman–Crippen MR) is 97.1 cm³/mol. The Morgan fingerprint density at radius 2 is 1.85 bits per heavy atom. The van der Waals surface area contributed by atoms with E-state index in [1.165, 1.54) is 16.4 Å². The van der Waals surface area contributed by atoms with Gasteiger partial charge < -0.3 is 20.6 Å². The van der Waals surface area contributed by atoms with Crippen molar-refractivity contribution in [3.8, 4) is 0 Å². The number of nitrogens with zero attached hydrogens (tertiary/aromatic N) is 2. The van der Waals surface area contributed by atoms with Crippen molar-refractivity contribution in [2.45, 2.75) is 30.7 Å². The molecule has 26 heavy (non-hydrogen) atoms. The van der Waals surface area contributed by atoms with Crippen LogP contribution in [0.5, 0.6) is 0 Å². The molecule has 1 unspecified atom stereocenters. The molecule has 1 aromatic carbocycles. The molecule has 1 atom stereocenters. The standard InChI is InChI=1S/C16H23N5O4S/c1-2-3-12(17)15(22)20-6-8-21(9-7-20)26(24,25)11-4-5-13-14(10-11)19-16(23)18-13/h4-5,10,12H,2-3,6-9,17H2,1H3,(H2,18,19,23). The van der Waals surface area contributed by atoms with Crippen molar-refractivity contribution in [3.63, 3.8) is 0 Å². The minimum absolute atomic E-state index is 0.114. The van der Waals surface area contributed by atoms with E-state index in [0.717, 1.165) is 6.42 Å². The highest BCUT2D eigenvalue weighted by Crippen LogP contribution is 2.21. The molecule has 1 aliphatic rings. The van der Waals surface area contributed by atoms with Crippen molar-refractivity contribution in [1.82, 2.24) is 19.2 Å². The van der Waals surface area contributed by atoms with Gasteiger partial charge in [-0.25, -0.2) is 13.2 Å². The zero-order valence-corrected chi connectivity index (χ0v) is 15.4. The van der Waals surface area contributed by atoms with Crippen LogP contribution in [-0.2, 0) is 14.8 Å². The highest BCUT2D eigenvalue weighted by atomic mass is 32.2. The number of carbonyl (C=O) groups excluding carboxylic acids is 1. The van der Waals surface area contributed by atoms with Gasteiger partial charge in [0.15, 0.2) is 0 Å². The lowest BCUT2D eigenvalue weighted by Gasteiger charge is -2.35. The molecule has 2 heterocycles. The fraction of sp³-hybridized carbons (Fsp3) is 0.500. The second kappa shape index (κ2) is 7.22. The Balaban J connectivity index is 1.73. The molecule has 142 valence electrons. The number of fused-ring (bicyclic) bond motifs is 1. The summed E-state index contributed by atoms with van der Waals surface area (Å²) in [6.07, 6.45) is 1.44. The van der Waals surface area contributed by atoms with Crippen molar-refractivity contribution in [1.29, 1.82) is 0 Å². The maximum atomic E-state index is 12.8. The van der Waals surface area contributed by atoms with Crippen LogP contribution >= 0.6 is 0 Å². The Morgan fingerprint density at radius 3 is 2.50 bits per heavy atom. The number of rotatable bonds is 5. The summed E-state index contributed by atoms with van der Waals surface area (Å²) < 4.78 is 27.0. The van der Waals surface area contributed by atoms with Crippen LogP contribution < -0.4 is 11.4 Å². The third kappa shape index (κ3) is 3.53. The van der Waals surface area contributed by atoms with Crippen LogP contribution in [0.4, 0.5) is 0 Å². The summed E-state index contributed by atoms with van der Waals surface area (Å²) in [7, 11) is -3.70. The van der Waals surface area contributed by atoms with Crippen LogP contribution in [0.2, 0.25) is 0 Å². The quantitative estimate of drug-likeness (QED) is 0.661. The van der Waals surface area contributed by atoms with Gasteiger partial charge in [-0.05, 0) is 24.6 Å². The van der Waals surface area contributed by atoms with Crippen LogP contribution in [0.15, 0.2) is 27.9 Å². The van der Waals surface area contributed by atoms with Gasteiger partial charge in [0.1, 0.15) is 0 Å². The number of H-pyrrole nitrogens is 2. The molecule has 3 rings (SSSR count). The Kier molecular flexibility index (Phi) is 5.17. The van der Waals surface area contributed by atoms with Crippen molar-refractivity contribution in [2.75, 3.05) is 26.2 Å². The molecule has 0 spiro atoms. The number of nitrogens with two attached hydrogens (primary N) is 1. The van der Waals surface area contributed by atoms with Gasteiger partial charge in [-0.2, -0.15) is 4.31 Å². The van der Waals surface area contributed by atoms with E-state index < -0.39 is 16.1 Å². The van der Waals surface area contributed by atoms with Gasteiger partial charge in [0.2, 0.25) is 15.9 Å². The number of imidazole rings is 1. The normalized spacial score (nSPS) is 17.5. The number of carbonyl (C=O) groups is 1. The highest BCUT2D eigenvalue weighted by Gasteiger charge is 2.31. The maximum Gasteiger partial charge on any atom is 0.323 e. The first kappa shape index (κ1) is 18.6. The van der Waals surface area contributed by atoms with Gasteiger partial charge in [-0.15, -0.1) is 0 Å². The number of hydrogen-bond acceptors (Lipinski definition) is 5. The van der Waals surface area contributed by atoms with Gasteiger partial charge in [-0.3, -0.25) is 4.79 Å². The van der Waals surface area contributed by atoms with Gasteiger partial charge >= 0.3 is 5.69 Å². The first-order chi connectivity index (χ1) is 12.3. The molecule has 0 bridgehead atoms. The van der Waals surface area contributed by atoms with Crippen molar-refractivity contribution < 1.29 is 13.2 Å². The molecule has 1 saturated heterocycles. The molecule has 1 aromatic heterocycles. The van der Waals surface area contributed by atoms with E-state index in [9.17, 15) is 18.0 Å². The molecule has 2 aromatic rings. The molecule has 0 radical (unpaired) electrons. The van der Waals surface area contributed by atoms with Gasteiger partial charge in [0.05, 0.1) is 22.0 Å². The lowest BCUT2D eigenvalue weighted by molar-refractivity contribution is -0.133. The topological polar surface area (TPSA) is 132 Å². The average molecular weight is 381 g/mol. The fourth-order valence-electron chi connectivity index (χ4n) is 3.14. The van der Waals surface area contributed by atoms with E-state index >= 15 is 0 Å². The number of nitrogens with one attached hydrogen (secondary N) is 2. The summed E-state index contributed by atoms with van der Waals surface area (Å²) in [5.41, 5.74) is 6.48. The van der Waals surface area contributed by atoms with Crippen molar-refractivity contribution in [3.05, 3.63) is 28.7 Å². The smallest absolute Gasteiger partial charge is 0.323 e. The Hall–Kier alpha value is -2.17. The summed E-state index contributed by atoms with van der Waals surface area (Å²) in [5, 5.41) is 0. The Morgan fingerprint density at radius 1 is 1.19 bits per heavy atom. The molecule has 1 fully saturated rings. The molecule has 0 saturated carbocycles. The zero-order valence-electron chi connectivity index (χ0n) is 14.6. The predicted octanol–water partition coefficient (Wildman–Crippen LogP) is -0.183. The number of benzene rings is 1. The molecular weight excluding hydrogens is 358 g/mol. The second-order valence-corrected chi connectivity index (χ2v) is 8.35. The molecule has 1 aliphatic heterocycles. The van der Waals surface area contributed by atoms with E-state index in [1.54, 1.807) is 11.0 Å². The largest absolute Gasteiger partial charge is 0.339 e. The summed E-state index contributed by atoms with van der Waals surface area (Å²) in [6.45, 7) is 3.03. The van der Waals surface area contributed by atoms with Crippen LogP contribution in [0, 0.1) is 0 Å². The zero-order chi connectivity index (χ0) is 18.9. The monoisotopic (exact) mass is 381 g/mol. The third-order valence-electron chi connectivity index (χ3n) is 4.59. The molecule has 4 N–H and O–H groups in total. The van der Waals surface area contributed by atoms with Gasteiger partial charge in [0.25, 0.3) is 0 Å². The lowest BCUT2D eigenvalue weighted by atomic mass is 10.1. The summed E-state index contributed by atoms with van der Waals surface area (Å²) in [6, 6.07) is 3.94. The number of amides is 1. The van der Waals surface area contributed by atoms with E-state index in [-0.39, 0.29) is 29.6 Å². The minimum Gasteiger partial charge on any atom is -0.339 e. The van der Waals surface area contributed by atoms with E-state index in [1.807, 2.05) is 6.92 Å². The third-order valence-corrected chi connectivity index (χ3v) is 6.49. The number of aromatic nitrogens is 2. The van der Waals surface area contributed by atoms with E-state index in [2.05, 4.69) is 9.97 Å². The molecule has 1 amide bonds. The molecule has 10 heteroatoms. The van der Waals surface area contributed by atoms with Crippen LogP contribution in [0.1, 0.15) is 19.8 Å². The Bertz CT molecular complexity index is 956. The van der Waals surface area contributed by atoms with E-state index in [0.29, 0.717) is 30.5 Å². The fourth-order valence-corrected chi connectivity index (χ4v) is 4.59. The van der Waals surface area contributed by atoms with Crippen LogP contribution in [0.3, 0.4) is 0 Å². The van der Waals surface area contributed by atoms with Crippen LogP contribution in [-0.4, -0.2) is 65.7 Å². The molecular formula is C16H23N5O4S. The number of piperazine rings is 1. The SMILES string of the molecule is CCCC(N)C(=O)N1CCN(S(=O)(=O)c2ccc3[nH]c(=O)[nH]c3c2)CC1. The first-order valence-electron chi connectivity index (χ1n) is 8.59. The number of aromatic amines is 2. The van der Waals surface area contributed by atoms with Crippen molar-refractivity contribution in [2.24, 2.45) is 5.73 Å². The van der Waals surface area contributed by atoms with E-state index in [4.69, 9.17) is 5.73 Å². The summed E-state index contributed by atoms with van der Waals surface area (Å²) >= 11 is 0. The highest BCUT2D eigenvalue weighted by molar-refractivity contribution is 7.89. The summed E-state index contributed by atoms with van der Waals surface area (Å²) in [4.78, 5) is 30.5. The minimum atomic E-state index is -3.70. The van der Waals surface area contributed by atoms with Gasteiger partial charge in [0, 0.05) is 26.2 Å². The number of hydrogen-bond donors (Lipinski definition) is 3. The number of sulfonamides is 1. The second-order valence-electron chi connectivity index (χ2n) is 6.41. The summed E-state index contributed by atoms with van der Waals surface area (Å²) in [5.74, 6) is -0.129. The Labute approximate surface area is 151 Å². The van der Waals surface area contributed by atoms with Gasteiger partial charge in [-0.1, -0.05) is 13.3 Å². The lowest BCUT2D eigenvalue weighted by Crippen LogP contribution is -2.54. The van der Waals surface area contributed by atoms with Crippen LogP contribution in [0.25, 0.3) is 11.0 Å². The van der Waals surface area contributed by atoms with Crippen molar-refractivity contribution >= 4 is 27.0 Å². The average Bonchev–Trinajstić information content (AvgIpc) is 3.00. The first-order valence-corrected chi connectivity index (χ1v) is 10.0. The maximum absolute atomic E-state index is 12.8. The molecule has 9 nitrogen and oxygen atoms in total.